The molecular formula is C8H14N2OS. The molecule has 4 heteroatoms. The number of ether oxygens (including phenoxy) is 1. The zero-order valence-corrected chi connectivity index (χ0v) is 8.44. The van der Waals surface area contributed by atoms with E-state index in [1.54, 1.807) is 7.11 Å². The van der Waals surface area contributed by atoms with Crippen LogP contribution in [0.2, 0.25) is 0 Å². The number of hydrogen-bond donors (Lipinski definition) is 1. The number of methoxy groups -OCH3 is 1. The molecule has 0 saturated heterocycles. The van der Waals surface area contributed by atoms with Crippen LogP contribution >= 0.6 is 11.5 Å². The lowest BCUT2D eigenvalue weighted by molar-refractivity contribution is 0.0344. The third-order valence-electron chi connectivity index (χ3n) is 1.70. The second-order valence-corrected chi connectivity index (χ2v) is 3.89. The molecule has 1 N–H and O–H groups in total. The molecule has 1 aromatic rings. The first kappa shape index (κ1) is 9.48. The SMILES string of the molecule is COC(C)(C)CNc1cnsc1. The summed E-state index contributed by atoms with van der Waals surface area (Å²) in [7, 11) is 1.72. The van der Waals surface area contributed by atoms with Crippen LogP contribution in [0, 0.1) is 0 Å². The number of nitrogens with one attached hydrogen (secondary N) is 1. The van der Waals surface area contributed by atoms with Gasteiger partial charge in [0.1, 0.15) is 0 Å². The van der Waals surface area contributed by atoms with Crippen molar-refractivity contribution in [3.8, 4) is 0 Å². The fraction of sp³-hybridized carbons (Fsp3) is 0.625. The third kappa shape index (κ3) is 2.79. The molecule has 0 atom stereocenters. The Morgan fingerprint density at radius 2 is 2.42 bits per heavy atom. The maximum atomic E-state index is 5.26. The summed E-state index contributed by atoms with van der Waals surface area (Å²) in [6, 6.07) is 0. The molecule has 0 bridgehead atoms. The van der Waals surface area contributed by atoms with Gasteiger partial charge in [-0.2, -0.15) is 4.37 Å². The molecule has 0 amide bonds. The molecule has 0 fully saturated rings. The predicted octanol–water partition coefficient (Wildman–Crippen LogP) is 1.98. The van der Waals surface area contributed by atoms with Crippen LogP contribution < -0.4 is 5.32 Å². The molecule has 0 aliphatic heterocycles. The van der Waals surface area contributed by atoms with Crippen molar-refractivity contribution < 1.29 is 4.74 Å². The standard InChI is InChI=1S/C8H14N2OS/c1-8(2,11-3)6-9-7-4-10-12-5-7/h4-5,9H,6H2,1-3H3. The first-order valence-electron chi connectivity index (χ1n) is 3.82. The van der Waals surface area contributed by atoms with E-state index < -0.39 is 0 Å². The summed E-state index contributed by atoms with van der Waals surface area (Å²) in [4.78, 5) is 0. The van der Waals surface area contributed by atoms with Gasteiger partial charge in [-0.05, 0) is 25.4 Å². The van der Waals surface area contributed by atoms with Gasteiger partial charge in [0.05, 0.1) is 17.5 Å². The summed E-state index contributed by atoms with van der Waals surface area (Å²) >= 11 is 1.44. The van der Waals surface area contributed by atoms with E-state index in [9.17, 15) is 0 Å². The van der Waals surface area contributed by atoms with Crippen molar-refractivity contribution in [1.29, 1.82) is 0 Å². The summed E-state index contributed by atoms with van der Waals surface area (Å²) in [6.07, 6.45) is 1.82. The summed E-state index contributed by atoms with van der Waals surface area (Å²) in [5.74, 6) is 0. The highest BCUT2D eigenvalue weighted by atomic mass is 32.1. The number of nitrogens with zero attached hydrogens (tertiary/aromatic N) is 1. The van der Waals surface area contributed by atoms with E-state index in [0.29, 0.717) is 0 Å². The van der Waals surface area contributed by atoms with Gasteiger partial charge in [0, 0.05) is 19.0 Å². The molecule has 12 heavy (non-hydrogen) atoms. The minimum Gasteiger partial charge on any atom is -0.380 e. The lowest BCUT2D eigenvalue weighted by Gasteiger charge is -2.23. The molecule has 3 nitrogen and oxygen atoms in total. The number of anilines is 1. The Morgan fingerprint density at radius 1 is 1.67 bits per heavy atom. The third-order valence-corrected chi connectivity index (χ3v) is 2.29. The summed E-state index contributed by atoms with van der Waals surface area (Å²) in [5, 5.41) is 5.22. The average Bonchev–Trinajstić information content (AvgIpc) is 2.53. The highest BCUT2D eigenvalue weighted by molar-refractivity contribution is 7.04. The topological polar surface area (TPSA) is 34.1 Å². The Morgan fingerprint density at radius 3 is 2.92 bits per heavy atom. The minimum absolute atomic E-state index is 0.123. The van der Waals surface area contributed by atoms with E-state index in [-0.39, 0.29) is 5.60 Å². The van der Waals surface area contributed by atoms with Crippen LogP contribution in [0.1, 0.15) is 13.8 Å². The lowest BCUT2D eigenvalue weighted by Crippen LogP contribution is -2.31. The maximum absolute atomic E-state index is 5.26. The first-order valence-corrected chi connectivity index (χ1v) is 4.66. The molecule has 0 unspecified atom stereocenters. The van der Waals surface area contributed by atoms with Crippen molar-refractivity contribution >= 4 is 17.2 Å². The number of hydrogen-bond acceptors (Lipinski definition) is 4. The van der Waals surface area contributed by atoms with Gasteiger partial charge in [0.2, 0.25) is 0 Å². The molecular weight excluding hydrogens is 172 g/mol. The predicted molar refractivity (Wildman–Crippen MR) is 51.7 cm³/mol. The molecule has 68 valence electrons. The van der Waals surface area contributed by atoms with Crippen molar-refractivity contribution in [3.05, 3.63) is 11.6 Å². The van der Waals surface area contributed by atoms with Gasteiger partial charge in [0.15, 0.2) is 0 Å². The van der Waals surface area contributed by atoms with Gasteiger partial charge >= 0.3 is 0 Å². The van der Waals surface area contributed by atoms with Gasteiger partial charge in [0.25, 0.3) is 0 Å². The van der Waals surface area contributed by atoms with Crippen LogP contribution in [0.3, 0.4) is 0 Å². The van der Waals surface area contributed by atoms with Crippen molar-refractivity contribution in [3.63, 3.8) is 0 Å². The lowest BCUT2D eigenvalue weighted by atomic mass is 10.1. The van der Waals surface area contributed by atoms with Gasteiger partial charge in [-0.25, -0.2) is 0 Å². The maximum Gasteiger partial charge on any atom is 0.0794 e. The van der Waals surface area contributed by atoms with E-state index in [4.69, 9.17) is 4.74 Å². The summed E-state index contributed by atoms with van der Waals surface area (Å²) in [5.41, 5.74) is 0.937. The fourth-order valence-corrected chi connectivity index (χ4v) is 1.17. The largest absolute Gasteiger partial charge is 0.380 e. The Hall–Kier alpha value is -0.610. The van der Waals surface area contributed by atoms with Gasteiger partial charge in [-0.3, -0.25) is 0 Å². The highest BCUT2D eigenvalue weighted by Gasteiger charge is 2.15. The van der Waals surface area contributed by atoms with E-state index in [1.807, 2.05) is 25.4 Å². The monoisotopic (exact) mass is 186 g/mol. The van der Waals surface area contributed by atoms with Gasteiger partial charge < -0.3 is 10.1 Å². The van der Waals surface area contributed by atoms with E-state index in [2.05, 4.69) is 9.69 Å². The Labute approximate surface area is 76.9 Å². The smallest absolute Gasteiger partial charge is 0.0794 e. The highest BCUT2D eigenvalue weighted by Crippen LogP contribution is 2.12. The van der Waals surface area contributed by atoms with Crippen LogP contribution in [-0.4, -0.2) is 23.6 Å². The molecule has 0 radical (unpaired) electrons. The quantitative estimate of drug-likeness (QED) is 0.780. The zero-order chi connectivity index (χ0) is 9.03. The van der Waals surface area contributed by atoms with Crippen LogP contribution in [0.5, 0.6) is 0 Å². The summed E-state index contributed by atoms with van der Waals surface area (Å²) < 4.78 is 9.24. The Balaban J connectivity index is 2.36. The normalized spacial score (nSPS) is 11.6. The van der Waals surface area contributed by atoms with Crippen LogP contribution in [0.15, 0.2) is 11.6 Å². The van der Waals surface area contributed by atoms with Gasteiger partial charge in [-0.1, -0.05) is 0 Å². The van der Waals surface area contributed by atoms with E-state index >= 15 is 0 Å². The van der Waals surface area contributed by atoms with Crippen LogP contribution in [-0.2, 0) is 4.74 Å². The summed E-state index contributed by atoms with van der Waals surface area (Å²) in [6.45, 7) is 4.88. The number of aromatic nitrogens is 1. The van der Waals surface area contributed by atoms with Crippen molar-refractivity contribution in [2.24, 2.45) is 0 Å². The molecule has 1 rings (SSSR count). The Bertz CT molecular complexity index is 221. The van der Waals surface area contributed by atoms with Crippen molar-refractivity contribution in [2.45, 2.75) is 19.4 Å². The molecule has 0 aliphatic carbocycles. The molecule has 0 spiro atoms. The molecule has 1 heterocycles. The van der Waals surface area contributed by atoms with Gasteiger partial charge in [-0.15, -0.1) is 0 Å². The van der Waals surface area contributed by atoms with E-state index in [0.717, 1.165) is 12.2 Å². The molecule has 1 aromatic heterocycles. The molecule has 0 aromatic carbocycles. The molecule has 0 aliphatic rings. The fourth-order valence-electron chi connectivity index (χ4n) is 0.679. The zero-order valence-electron chi connectivity index (χ0n) is 7.63. The van der Waals surface area contributed by atoms with Crippen molar-refractivity contribution in [2.75, 3.05) is 19.0 Å². The first-order chi connectivity index (χ1) is 5.64. The Kier molecular flexibility index (Phi) is 3.05. The number of rotatable bonds is 4. The second kappa shape index (κ2) is 3.87. The average molecular weight is 186 g/mol. The van der Waals surface area contributed by atoms with Crippen LogP contribution in [0.25, 0.3) is 0 Å². The van der Waals surface area contributed by atoms with E-state index in [1.165, 1.54) is 11.5 Å². The second-order valence-electron chi connectivity index (χ2n) is 3.23. The minimum atomic E-state index is -0.123. The van der Waals surface area contributed by atoms with Crippen LogP contribution in [0.4, 0.5) is 5.69 Å². The van der Waals surface area contributed by atoms with Crippen molar-refractivity contribution in [1.82, 2.24) is 4.37 Å². The molecule has 0 saturated carbocycles.